The highest BCUT2D eigenvalue weighted by molar-refractivity contribution is 7.16. The van der Waals surface area contributed by atoms with E-state index in [1.807, 2.05) is 66.1 Å². The lowest BCUT2D eigenvalue weighted by molar-refractivity contribution is 0.0998. The summed E-state index contributed by atoms with van der Waals surface area (Å²) in [5.41, 5.74) is 3.95. The molecule has 1 heterocycles. The minimum Gasteiger partial charge on any atom is -0.493 e. The maximum atomic E-state index is 12.9. The summed E-state index contributed by atoms with van der Waals surface area (Å²) in [5, 5.41) is 0. The Morgan fingerprint density at radius 2 is 1.58 bits per heavy atom. The van der Waals surface area contributed by atoms with Crippen molar-refractivity contribution in [2.24, 2.45) is 4.99 Å². The largest absolute Gasteiger partial charge is 0.493 e. The minimum absolute atomic E-state index is 0.251. The molecule has 0 saturated heterocycles. The monoisotopic (exact) mass is 432 g/mol. The molecule has 0 saturated carbocycles. The van der Waals surface area contributed by atoms with Gasteiger partial charge in [0, 0.05) is 24.2 Å². The van der Waals surface area contributed by atoms with Crippen LogP contribution in [0.3, 0.4) is 0 Å². The van der Waals surface area contributed by atoms with Crippen LogP contribution in [0.25, 0.3) is 10.2 Å². The van der Waals surface area contributed by atoms with Crippen LogP contribution in [0, 0.1) is 0 Å². The molecule has 0 N–H and O–H groups in total. The zero-order valence-electron chi connectivity index (χ0n) is 17.8. The number of nitrogens with zero attached hydrogens (tertiary/aromatic N) is 2. The van der Waals surface area contributed by atoms with Crippen molar-refractivity contribution in [1.29, 1.82) is 0 Å². The Balaban J connectivity index is 1.65. The fourth-order valence-corrected chi connectivity index (χ4v) is 4.64. The Hall–Kier alpha value is -3.38. The van der Waals surface area contributed by atoms with Crippen molar-refractivity contribution in [3.8, 4) is 11.5 Å². The predicted molar refractivity (Wildman–Crippen MR) is 124 cm³/mol. The molecule has 0 atom stereocenters. The standard InChI is InChI=1S/C25H24N2O3S/c1-4-27-20-15-21(29-2)22(30-3)16-23(20)31-25(27)26-24(28)19-12-10-18(11-13-19)14-17-8-6-5-7-9-17/h5-13,15-16H,4,14H2,1-3H3. The van der Waals surface area contributed by atoms with Gasteiger partial charge in [0.1, 0.15) is 0 Å². The number of benzene rings is 3. The van der Waals surface area contributed by atoms with E-state index in [0.717, 1.165) is 22.2 Å². The second-order valence-electron chi connectivity index (χ2n) is 7.08. The number of amides is 1. The average Bonchev–Trinajstić information content (AvgIpc) is 3.14. The number of thiazole rings is 1. The molecule has 1 amide bonds. The average molecular weight is 433 g/mol. The predicted octanol–water partition coefficient (Wildman–Crippen LogP) is 5.07. The molecule has 158 valence electrons. The first-order chi connectivity index (χ1) is 15.1. The van der Waals surface area contributed by atoms with Crippen molar-refractivity contribution in [1.82, 2.24) is 4.57 Å². The maximum Gasteiger partial charge on any atom is 0.279 e. The molecule has 5 nitrogen and oxygen atoms in total. The van der Waals surface area contributed by atoms with E-state index in [2.05, 4.69) is 17.1 Å². The van der Waals surface area contributed by atoms with Crippen LogP contribution >= 0.6 is 11.3 Å². The van der Waals surface area contributed by atoms with Crippen molar-refractivity contribution < 1.29 is 14.3 Å². The van der Waals surface area contributed by atoms with Crippen molar-refractivity contribution in [2.45, 2.75) is 19.9 Å². The zero-order chi connectivity index (χ0) is 21.8. The number of carbonyl (C=O) groups excluding carboxylic acids is 1. The highest BCUT2D eigenvalue weighted by atomic mass is 32.1. The van der Waals surface area contributed by atoms with Crippen LogP contribution < -0.4 is 14.3 Å². The number of hydrogen-bond donors (Lipinski definition) is 0. The molecule has 0 aliphatic heterocycles. The van der Waals surface area contributed by atoms with Crippen molar-refractivity contribution >= 4 is 27.5 Å². The van der Waals surface area contributed by atoms with Gasteiger partial charge >= 0.3 is 0 Å². The van der Waals surface area contributed by atoms with E-state index in [4.69, 9.17) is 9.47 Å². The molecular formula is C25H24N2O3S. The lowest BCUT2D eigenvalue weighted by atomic mass is 10.0. The summed E-state index contributed by atoms with van der Waals surface area (Å²) in [7, 11) is 3.23. The van der Waals surface area contributed by atoms with E-state index < -0.39 is 0 Å². The van der Waals surface area contributed by atoms with E-state index in [1.54, 1.807) is 14.2 Å². The van der Waals surface area contributed by atoms with Crippen molar-refractivity contribution in [2.75, 3.05) is 14.2 Å². The first-order valence-electron chi connectivity index (χ1n) is 10.1. The van der Waals surface area contributed by atoms with Gasteiger partial charge in [0.15, 0.2) is 16.3 Å². The summed E-state index contributed by atoms with van der Waals surface area (Å²) in [5.74, 6) is 1.06. The molecule has 6 heteroatoms. The van der Waals surface area contributed by atoms with Crippen LogP contribution in [0.15, 0.2) is 71.7 Å². The molecule has 0 spiro atoms. The summed E-state index contributed by atoms with van der Waals surface area (Å²) in [6, 6.07) is 21.8. The van der Waals surface area contributed by atoms with E-state index in [1.165, 1.54) is 16.9 Å². The zero-order valence-corrected chi connectivity index (χ0v) is 18.6. The van der Waals surface area contributed by atoms with Crippen molar-refractivity contribution in [3.05, 3.63) is 88.2 Å². The lowest BCUT2D eigenvalue weighted by Gasteiger charge is -2.08. The van der Waals surface area contributed by atoms with Crippen LogP contribution in [0.1, 0.15) is 28.4 Å². The second-order valence-corrected chi connectivity index (χ2v) is 8.09. The van der Waals surface area contributed by atoms with Crippen LogP contribution in [0.4, 0.5) is 0 Å². The third kappa shape index (κ3) is 4.39. The number of ether oxygens (including phenoxy) is 2. The van der Waals surface area contributed by atoms with Gasteiger partial charge in [-0.3, -0.25) is 4.79 Å². The van der Waals surface area contributed by atoms with Gasteiger partial charge in [-0.05, 0) is 36.6 Å². The maximum absolute atomic E-state index is 12.9. The second kappa shape index (κ2) is 9.18. The van der Waals surface area contributed by atoms with Crippen LogP contribution in [0.2, 0.25) is 0 Å². The third-order valence-corrected chi connectivity index (χ3v) is 6.19. The fourth-order valence-electron chi connectivity index (χ4n) is 3.54. The van der Waals surface area contributed by atoms with Crippen LogP contribution in [-0.2, 0) is 13.0 Å². The highest BCUT2D eigenvalue weighted by Crippen LogP contribution is 2.33. The molecule has 0 aliphatic carbocycles. The number of carbonyl (C=O) groups is 1. The van der Waals surface area contributed by atoms with Gasteiger partial charge in [-0.25, -0.2) is 0 Å². The summed E-state index contributed by atoms with van der Waals surface area (Å²) in [6.07, 6.45) is 0.836. The number of rotatable bonds is 6. The Morgan fingerprint density at radius 3 is 2.23 bits per heavy atom. The van der Waals surface area contributed by atoms with E-state index >= 15 is 0 Å². The normalized spacial score (nSPS) is 11.6. The smallest absolute Gasteiger partial charge is 0.279 e. The number of methoxy groups -OCH3 is 2. The first-order valence-corrected chi connectivity index (χ1v) is 10.9. The van der Waals surface area contributed by atoms with Gasteiger partial charge in [0.05, 0.1) is 24.4 Å². The van der Waals surface area contributed by atoms with Gasteiger partial charge in [-0.1, -0.05) is 53.8 Å². The molecular weight excluding hydrogens is 408 g/mol. The summed E-state index contributed by atoms with van der Waals surface area (Å²) < 4.78 is 13.8. The third-order valence-electron chi connectivity index (χ3n) is 5.15. The topological polar surface area (TPSA) is 52.8 Å². The van der Waals surface area contributed by atoms with Gasteiger partial charge in [0.25, 0.3) is 5.91 Å². The quantitative estimate of drug-likeness (QED) is 0.427. The molecule has 1 aromatic heterocycles. The minimum atomic E-state index is -0.251. The Kier molecular flexibility index (Phi) is 6.18. The fraction of sp³-hybridized carbons (Fsp3) is 0.200. The molecule has 0 unspecified atom stereocenters. The number of hydrogen-bond acceptors (Lipinski definition) is 4. The van der Waals surface area contributed by atoms with Crippen LogP contribution in [-0.4, -0.2) is 24.7 Å². The van der Waals surface area contributed by atoms with E-state index in [0.29, 0.717) is 28.4 Å². The molecule has 0 bridgehead atoms. The number of aryl methyl sites for hydroxylation is 1. The number of fused-ring (bicyclic) bond motifs is 1. The SMILES string of the molecule is CCn1c(=NC(=O)c2ccc(Cc3ccccc3)cc2)sc2cc(OC)c(OC)cc21. The van der Waals surface area contributed by atoms with Crippen LogP contribution in [0.5, 0.6) is 11.5 Å². The Bertz CT molecular complexity index is 1270. The van der Waals surface area contributed by atoms with E-state index in [-0.39, 0.29) is 5.91 Å². The molecule has 0 radical (unpaired) electrons. The molecule has 0 aliphatic rings. The van der Waals surface area contributed by atoms with E-state index in [9.17, 15) is 4.79 Å². The van der Waals surface area contributed by atoms with Gasteiger partial charge in [0.2, 0.25) is 0 Å². The Labute approximate surface area is 185 Å². The first kappa shape index (κ1) is 20.9. The molecule has 0 fully saturated rings. The summed E-state index contributed by atoms with van der Waals surface area (Å²) in [6.45, 7) is 2.72. The lowest BCUT2D eigenvalue weighted by Crippen LogP contribution is -2.16. The van der Waals surface area contributed by atoms with Gasteiger partial charge in [-0.2, -0.15) is 4.99 Å². The summed E-state index contributed by atoms with van der Waals surface area (Å²) >= 11 is 1.47. The Morgan fingerprint density at radius 1 is 0.935 bits per heavy atom. The van der Waals surface area contributed by atoms with Gasteiger partial charge in [-0.15, -0.1) is 0 Å². The molecule has 31 heavy (non-hydrogen) atoms. The van der Waals surface area contributed by atoms with Crippen molar-refractivity contribution in [3.63, 3.8) is 0 Å². The number of aromatic nitrogens is 1. The van der Waals surface area contributed by atoms with Gasteiger partial charge < -0.3 is 14.0 Å². The highest BCUT2D eigenvalue weighted by Gasteiger charge is 2.13. The molecule has 4 rings (SSSR count). The summed E-state index contributed by atoms with van der Waals surface area (Å²) in [4.78, 5) is 17.9. The molecule has 3 aromatic carbocycles. The molecule has 4 aromatic rings.